The van der Waals surface area contributed by atoms with Gasteiger partial charge in [-0.3, -0.25) is 0 Å². The van der Waals surface area contributed by atoms with E-state index in [4.69, 9.17) is 14.3 Å². The van der Waals surface area contributed by atoms with E-state index in [1.54, 1.807) is 0 Å². The monoisotopic (exact) mass is 1680 g/mol. The third-order valence-corrected chi connectivity index (χ3v) is 18.9. The molecule has 21 rings (SSSR count). The van der Waals surface area contributed by atoms with Crippen LogP contribution in [0.5, 0.6) is 0 Å². The molecule has 9 aliphatic rings. The van der Waals surface area contributed by atoms with Crippen molar-refractivity contribution < 1.29 is 49.5 Å². The maximum atomic E-state index is 6.03. The van der Waals surface area contributed by atoms with E-state index in [9.17, 15) is 0 Å². The van der Waals surface area contributed by atoms with Gasteiger partial charge in [0.15, 0.2) is 0 Å². The van der Waals surface area contributed by atoms with Gasteiger partial charge in [-0.25, -0.2) is 0 Å². The summed E-state index contributed by atoms with van der Waals surface area (Å²) in [6, 6.07) is 88.9. The Balaban J connectivity index is 0.000000144. The van der Waals surface area contributed by atoms with Gasteiger partial charge in [-0.15, -0.1) is 144 Å². The molecule has 0 unspecified atom stereocenters. The van der Waals surface area contributed by atoms with Crippen LogP contribution in [0.4, 0.5) is 0 Å². The fourth-order valence-electron chi connectivity index (χ4n) is 11.2. The van der Waals surface area contributed by atoms with E-state index >= 15 is 0 Å². The van der Waals surface area contributed by atoms with Gasteiger partial charge in [0.05, 0.1) is 11.2 Å². The van der Waals surface area contributed by atoms with Crippen LogP contribution in [0.2, 0.25) is 0 Å². The standard InChI is InChI=1S/C27H22N.C17H19BNO2.C16H15Br.2C13H12N.2Ir/c1-2-4-24(5-3-1)27-17-16-25(19-28-27)26-18-22-11-10-20-6-8-21(9-7-20)12-14-23(26)15-13-22;1-16(2)17(3,4)21-18(20-16)14-10-11-15(19-12-14)13-8-6-5-7-9-13;17-16-11-14-6-5-12-1-3-13(4-2-12)7-9-15(16)10-8-14;2*1-10-8-13(14-9-11(10)2)12-6-4-3-5-7-12;;/h1-4,6-9,13,15-19H,10-12,14H2;5-8,10-12H,1-4H3;1-4,8,10-11H,5-7,9H2;2*3-6,8-9H,1-2H3;;/q2*-1;;2*-1;;. The number of hydrogen-bond donors (Lipinski definition) is 0. The van der Waals surface area contributed by atoms with E-state index < -0.39 is 0 Å². The minimum Gasteiger partial charge on any atom is -0.399 e. The van der Waals surface area contributed by atoms with Gasteiger partial charge in [0.25, 0.3) is 0 Å². The average Bonchev–Trinajstić information content (AvgIpc) is 1.62. The third kappa shape index (κ3) is 19.4. The predicted molar refractivity (Wildman–Crippen MR) is 391 cm³/mol. The molecular weight excluding hydrogens is 1600 g/mol. The fraction of sp³-hybridized carbons (Fsp3) is 0.209. The first-order valence-electron chi connectivity index (χ1n) is 32.7. The summed E-state index contributed by atoms with van der Waals surface area (Å²) >= 11 is 3.69. The van der Waals surface area contributed by atoms with E-state index in [1.165, 1.54) is 82.4 Å². The number of rotatable bonds is 6. The minimum absolute atomic E-state index is 0. The summed E-state index contributed by atoms with van der Waals surface area (Å²) in [4.78, 5) is 18.0. The van der Waals surface area contributed by atoms with Crippen molar-refractivity contribution in [2.75, 3.05) is 0 Å². The van der Waals surface area contributed by atoms with Crippen LogP contribution >= 0.6 is 15.9 Å². The van der Waals surface area contributed by atoms with Crippen LogP contribution in [-0.4, -0.2) is 38.3 Å². The molecule has 0 atom stereocenters. The van der Waals surface area contributed by atoms with Crippen LogP contribution in [0.15, 0.2) is 248 Å². The smallest absolute Gasteiger partial charge is 0.399 e. The molecule has 10 heteroatoms. The first kappa shape index (κ1) is 72.4. The van der Waals surface area contributed by atoms with E-state index in [-0.39, 0.29) is 58.5 Å². The second-order valence-corrected chi connectivity index (χ2v) is 26.3. The molecule has 8 aliphatic carbocycles. The summed E-state index contributed by atoms with van der Waals surface area (Å²) in [5, 5.41) is 0. The zero-order valence-electron chi connectivity index (χ0n) is 56.0. The molecule has 96 heavy (non-hydrogen) atoms. The molecule has 0 N–H and O–H groups in total. The third-order valence-electron chi connectivity index (χ3n) is 18.2. The number of aryl methyl sites for hydroxylation is 12. The predicted octanol–water partition coefficient (Wildman–Crippen LogP) is 19.6. The van der Waals surface area contributed by atoms with E-state index in [0.29, 0.717) is 0 Å². The van der Waals surface area contributed by atoms with E-state index in [1.807, 2.05) is 156 Å². The first-order valence-corrected chi connectivity index (χ1v) is 33.5. The molecule has 8 bridgehead atoms. The summed E-state index contributed by atoms with van der Waals surface area (Å²) in [6.07, 6.45) is 16.4. The van der Waals surface area contributed by atoms with Gasteiger partial charge in [0.2, 0.25) is 0 Å². The number of aromatic nitrogens is 4. The summed E-state index contributed by atoms with van der Waals surface area (Å²) in [5.74, 6) is 0. The molecule has 1 fully saturated rings. The molecule has 488 valence electrons. The topological polar surface area (TPSA) is 70.0 Å². The summed E-state index contributed by atoms with van der Waals surface area (Å²) < 4.78 is 13.3. The minimum atomic E-state index is -0.365. The summed E-state index contributed by atoms with van der Waals surface area (Å²) in [5.41, 5.74) is 27.1. The fourth-order valence-corrected chi connectivity index (χ4v) is 11.9. The zero-order chi connectivity index (χ0) is 65.4. The van der Waals surface area contributed by atoms with Crippen molar-refractivity contribution >= 4 is 28.5 Å². The van der Waals surface area contributed by atoms with Gasteiger partial charge < -0.3 is 29.2 Å². The average molecular weight is 1680 g/mol. The van der Waals surface area contributed by atoms with Crippen LogP contribution in [0, 0.1) is 52.0 Å². The van der Waals surface area contributed by atoms with E-state index in [2.05, 4.69) is 198 Å². The molecule has 0 amide bonds. The molecule has 6 nitrogen and oxygen atoms in total. The van der Waals surface area contributed by atoms with Gasteiger partial charge in [0, 0.05) is 69.5 Å². The largest absolute Gasteiger partial charge is 0.496 e. The van der Waals surface area contributed by atoms with Crippen molar-refractivity contribution in [3.63, 3.8) is 0 Å². The molecule has 1 aliphatic heterocycles. The second kappa shape index (κ2) is 34.4. The maximum Gasteiger partial charge on any atom is 0.496 e. The van der Waals surface area contributed by atoms with Crippen LogP contribution < -0.4 is 5.46 Å². The Morgan fingerprint density at radius 3 is 1.10 bits per heavy atom. The van der Waals surface area contributed by atoms with Gasteiger partial charge in [-0.05, 0) is 208 Å². The maximum absolute atomic E-state index is 6.03. The van der Waals surface area contributed by atoms with Gasteiger partial charge in [-0.2, -0.15) is 0 Å². The van der Waals surface area contributed by atoms with Gasteiger partial charge in [0.1, 0.15) is 0 Å². The Kier molecular flexibility index (Phi) is 25.9. The quantitative estimate of drug-likeness (QED) is 0.122. The van der Waals surface area contributed by atoms with Crippen molar-refractivity contribution in [1.29, 1.82) is 0 Å². The summed E-state index contributed by atoms with van der Waals surface area (Å²) in [6.45, 7) is 16.5. The van der Waals surface area contributed by atoms with Crippen molar-refractivity contribution in [2.24, 2.45) is 0 Å². The molecule has 8 aromatic carbocycles. The Morgan fingerprint density at radius 2 is 0.719 bits per heavy atom. The number of benzene rings is 8. The Hall–Kier alpha value is -7.88. The first-order chi connectivity index (χ1) is 45.6. The van der Waals surface area contributed by atoms with Crippen molar-refractivity contribution in [1.82, 2.24) is 19.9 Å². The van der Waals surface area contributed by atoms with Gasteiger partial charge in [-0.1, -0.05) is 142 Å². The number of halogens is 1. The van der Waals surface area contributed by atoms with Crippen molar-refractivity contribution in [3.05, 3.63) is 339 Å². The number of hydrogen-bond acceptors (Lipinski definition) is 6. The molecule has 12 aromatic rings. The molecule has 5 heterocycles. The van der Waals surface area contributed by atoms with Crippen molar-refractivity contribution in [2.45, 2.75) is 118 Å². The molecule has 0 spiro atoms. The molecule has 0 saturated carbocycles. The summed E-state index contributed by atoms with van der Waals surface area (Å²) in [7, 11) is -0.365. The van der Waals surface area contributed by atoms with Gasteiger partial charge >= 0.3 is 7.12 Å². The number of pyridine rings is 4. The SMILES string of the molecule is Brc1cc2ccc1CCc1ccc(cc1)CC2.CC1(C)OB(c2ccc(-c3[c-]cccc3)nc2)OC1(C)C.Cc1cnc(-c2[c-]cccc2)cc1C.Cc1cnc(-c2[c-]cccc2)cc1C.[Ir].[Ir].[c-]1ccccc1-c1ccc(-c2cc3ccc2CCc2ccc(cc2)CC3)cn1. The molecule has 1 saturated heterocycles. The van der Waals surface area contributed by atoms with E-state index in [0.717, 1.165) is 102 Å². The van der Waals surface area contributed by atoms with Crippen molar-refractivity contribution in [3.8, 4) is 56.2 Å². The molecule has 4 aromatic heterocycles. The normalized spacial score (nSPS) is 13.7. The van der Waals surface area contributed by atoms with Crippen LogP contribution in [0.1, 0.15) is 94.5 Å². The Bertz CT molecular complexity index is 4300. The number of nitrogens with zero attached hydrogens (tertiary/aromatic N) is 4. The molecular formula is C86H80BBrIr2N4O2-4. The zero-order valence-corrected chi connectivity index (χ0v) is 62.4. The Labute approximate surface area is 605 Å². The van der Waals surface area contributed by atoms with Crippen LogP contribution in [-0.2, 0) is 101 Å². The second-order valence-electron chi connectivity index (χ2n) is 25.5. The van der Waals surface area contributed by atoms with Crippen LogP contribution in [0.25, 0.3) is 56.2 Å². The Morgan fingerprint density at radius 1 is 0.354 bits per heavy atom. The molecule has 2 radical (unpaired) electrons. The van der Waals surface area contributed by atoms with Crippen LogP contribution in [0.3, 0.4) is 0 Å².